The second-order valence-electron chi connectivity index (χ2n) is 7.76. The Morgan fingerprint density at radius 2 is 1.77 bits per heavy atom. The number of aryl methyl sites for hydroxylation is 1. The van der Waals surface area contributed by atoms with E-state index in [1.165, 1.54) is 24.1 Å². The molecule has 1 saturated heterocycles. The summed E-state index contributed by atoms with van der Waals surface area (Å²) in [5.41, 5.74) is 1.91. The molecule has 10 heteroatoms. The molecule has 1 atom stereocenters. The number of para-hydroxylation sites is 1. The second-order valence-corrected chi connectivity index (χ2v) is 10.5. The highest BCUT2D eigenvalue weighted by atomic mass is 32.2. The fraction of sp³-hybridized carbons (Fsp3) is 0.160. The molecule has 0 saturated carbocycles. The Labute approximate surface area is 208 Å². The average Bonchev–Trinajstić information content (AvgIpc) is 3.13. The minimum Gasteiger partial charge on any atom is -0.497 e. The molecule has 1 fully saturated rings. The number of sulfonamides is 1. The minimum absolute atomic E-state index is 0.000885. The lowest BCUT2D eigenvalue weighted by Crippen LogP contribution is -2.33. The van der Waals surface area contributed by atoms with E-state index in [2.05, 4.69) is 9.71 Å². The van der Waals surface area contributed by atoms with Crippen LogP contribution in [0.1, 0.15) is 12.0 Å². The van der Waals surface area contributed by atoms with Crippen molar-refractivity contribution in [3.8, 4) is 5.75 Å². The SMILES string of the molecule is COc1cccc(NC(=O)CC2S/C(=N/S(=O)(=O)c3ccc(C)cc3)N(c3ccccc3)C2=O)c1. The predicted molar refractivity (Wildman–Crippen MR) is 137 cm³/mol. The van der Waals surface area contributed by atoms with Gasteiger partial charge in [-0.1, -0.05) is 53.7 Å². The number of amidine groups is 1. The van der Waals surface area contributed by atoms with Crippen LogP contribution in [0.5, 0.6) is 5.75 Å². The maximum Gasteiger partial charge on any atom is 0.284 e. The summed E-state index contributed by atoms with van der Waals surface area (Å²) < 4.78 is 35.1. The number of benzene rings is 3. The first-order chi connectivity index (χ1) is 16.8. The van der Waals surface area contributed by atoms with Crippen LogP contribution < -0.4 is 15.0 Å². The third-order valence-corrected chi connectivity index (χ3v) is 7.72. The number of ether oxygens (including phenoxy) is 1. The number of hydrogen-bond acceptors (Lipinski definition) is 6. The van der Waals surface area contributed by atoms with Gasteiger partial charge in [0, 0.05) is 18.2 Å². The number of anilines is 2. The number of rotatable bonds is 7. The van der Waals surface area contributed by atoms with E-state index in [1.807, 2.05) is 6.92 Å². The van der Waals surface area contributed by atoms with E-state index in [4.69, 9.17) is 4.74 Å². The average molecular weight is 510 g/mol. The molecule has 1 aliphatic heterocycles. The van der Waals surface area contributed by atoms with Gasteiger partial charge in [-0.05, 0) is 43.3 Å². The standard InChI is InChI=1S/C25H23N3O5S2/c1-17-11-13-21(14-12-17)35(31,32)27-25-28(19-8-4-3-5-9-19)24(30)22(34-25)16-23(29)26-18-7-6-10-20(15-18)33-2/h3-15,22H,16H2,1-2H3,(H,26,29)/b27-25+. The third kappa shape index (κ3) is 5.72. The largest absolute Gasteiger partial charge is 0.497 e. The number of nitrogens with one attached hydrogen (secondary N) is 1. The molecule has 35 heavy (non-hydrogen) atoms. The molecule has 8 nitrogen and oxygen atoms in total. The zero-order valence-corrected chi connectivity index (χ0v) is 20.7. The molecule has 180 valence electrons. The van der Waals surface area contributed by atoms with Gasteiger partial charge in [-0.3, -0.25) is 14.5 Å². The highest BCUT2D eigenvalue weighted by Gasteiger charge is 2.41. The summed E-state index contributed by atoms with van der Waals surface area (Å²) in [7, 11) is -2.55. The molecule has 0 spiro atoms. The second kappa shape index (κ2) is 10.3. The molecule has 0 aromatic heterocycles. The number of nitrogens with zero attached hydrogens (tertiary/aromatic N) is 2. The van der Waals surface area contributed by atoms with Crippen LogP contribution >= 0.6 is 11.8 Å². The van der Waals surface area contributed by atoms with Crippen LogP contribution in [0.4, 0.5) is 11.4 Å². The van der Waals surface area contributed by atoms with Gasteiger partial charge in [0.2, 0.25) is 11.8 Å². The van der Waals surface area contributed by atoms with Crippen molar-refractivity contribution in [2.75, 3.05) is 17.3 Å². The van der Waals surface area contributed by atoms with Crippen molar-refractivity contribution >= 4 is 50.1 Å². The fourth-order valence-electron chi connectivity index (χ4n) is 3.42. The van der Waals surface area contributed by atoms with Crippen LogP contribution in [-0.4, -0.2) is 37.8 Å². The number of carbonyl (C=O) groups excluding carboxylic acids is 2. The molecule has 1 aliphatic rings. The van der Waals surface area contributed by atoms with Gasteiger partial charge >= 0.3 is 0 Å². The lowest BCUT2D eigenvalue weighted by Gasteiger charge is -2.16. The fourth-order valence-corrected chi connectivity index (χ4v) is 5.76. The zero-order chi connectivity index (χ0) is 25.0. The molecule has 0 aliphatic carbocycles. The van der Waals surface area contributed by atoms with Gasteiger partial charge in [-0.2, -0.15) is 8.42 Å². The maximum absolute atomic E-state index is 13.3. The third-order valence-electron chi connectivity index (χ3n) is 5.19. The molecule has 1 N–H and O–H groups in total. The van der Waals surface area contributed by atoms with Crippen molar-refractivity contribution in [2.24, 2.45) is 4.40 Å². The van der Waals surface area contributed by atoms with Crippen LogP contribution in [-0.2, 0) is 19.6 Å². The molecule has 2 amide bonds. The summed E-state index contributed by atoms with van der Waals surface area (Å²) in [5, 5.41) is 1.91. The van der Waals surface area contributed by atoms with Crippen LogP contribution in [0.2, 0.25) is 0 Å². The highest BCUT2D eigenvalue weighted by Crippen LogP contribution is 2.35. The number of carbonyl (C=O) groups is 2. The van der Waals surface area contributed by atoms with E-state index in [1.54, 1.807) is 66.7 Å². The molecular formula is C25H23N3O5S2. The summed E-state index contributed by atoms with van der Waals surface area (Å²) in [6.07, 6.45) is -0.159. The van der Waals surface area contributed by atoms with Crippen LogP contribution in [0, 0.1) is 6.92 Å². The maximum atomic E-state index is 13.3. The van der Waals surface area contributed by atoms with Gasteiger partial charge in [0.05, 0.1) is 17.7 Å². The summed E-state index contributed by atoms with van der Waals surface area (Å²) in [5.74, 6) is -0.222. The molecule has 3 aromatic rings. The Balaban J connectivity index is 1.61. The molecule has 4 rings (SSSR count). The number of methoxy groups -OCH3 is 1. The number of amides is 2. The first kappa shape index (κ1) is 24.5. The number of hydrogen-bond donors (Lipinski definition) is 1. The molecule has 1 unspecified atom stereocenters. The van der Waals surface area contributed by atoms with Crippen molar-refractivity contribution in [2.45, 2.75) is 23.5 Å². The van der Waals surface area contributed by atoms with Crippen molar-refractivity contribution < 1.29 is 22.7 Å². The molecule has 0 radical (unpaired) electrons. The van der Waals surface area contributed by atoms with Gasteiger partial charge in [0.1, 0.15) is 11.0 Å². The summed E-state index contributed by atoms with van der Waals surface area (Å²) in [6.45, 7) is 1.85. The van der Waals surface area contributed by atoms with E-state index >= 15 is 0 Å². The van der Waals surface area contributed by atoms with Crippen molar-refractivity contribution in [3.63, 3.8) is 0 Å². The van der Waals surface area contributed by atoms with E-state index in [-0.39, 0.29) is 22.4 Å². The lowest BCUT2D eigenvalue weighted by molar-refractivity contribution is -0.121. The molecular weight excluding hydrogens is 486 g/mol. The normalized spacial score (nSPS) is 17.0. The van der Waals surface area contributed by atoms with Gasteiger partial charge in [0.15, 0.2) is 5.17 Å². The predicted octanol–water partition coefficient (Wildman–Crippen LogP) is 4.23. The summed E-state index contributed by atoms with van der Waals surface area (Å²) >= 11 is 0.955. The van der Waals surface area contributed by atoms with Crippen LogP contribution in [0.25, 0.3) is 0 Å². The van der Waals surface area contributed by atoms with E-state index in [0.717, 1.165) is 17.3 Å². The Kier molecular flexibility index (Phi) is 7.23. The topological polar surface area (TPSA) is 105 Å². The Morgan fingerprint density at radius 1 is 1.06 bits per heavy atom. The van der Waals surface area contributed by atoms with E-state index < -0.39 is 21.2 Å². The molecule has 1 heterocycles. The highest BCUT2D eigenvalue weighted by molar-refractivity contribution is 8.16. The first-order valence-corrected chi connectivity index (χ1v) is 13.0. The van der Waals surface area contributed by atoms with Crippen LogP contribution in [0.3, 0.4) is 0 Å². The van der Waals surface area contributed by atoms with Gasteiger partial charge < -0.3 is 10.1 Å². The van der Waals surface area contributed by atoms with Crippen molar-refractivity contribution in [1.29, 1.82) is 0 Å². The molecule has 3 aromatic carbocycles. The molecule has 0 bridgehead atoms. The monoisotopic (exact) mass is 509 g/mol. The Hall–Kier alpha value is -3.63. The van der Waals surface area contributed by atoms with Crippen molar-refractivity contribution in [3.05, 3.63) is 84.4 Å². The summed E-state index contributed by atoms with van der Waals surface area (Å²) in [6, 6.07) is 21.8. The first-order valence-electron chi connectivity index (χ1n) is 10.7. The van der Waals surface area contributed by atoms with Crippen molar-refractivity contribution in [1.82, 2.24) is 0 Å². The Morgan fingerprint density at radius 3 is 2.46 bits per heavy atom. The quantitative estimate of drug-likeness (QED) is 0.511. The number of thioether (sulfide) groups is 1. The van der Waals surface area contributed by atoms with Gasteiger partial charge in [-0.15, -0.1) is 4.40 Å². The van der Waals surface area contributed by atoms with Crippen LogP contribution in [0.15, 0.2) is 88.2 Å². The van der Waals surface area contributed by atoms with E-state index in [9.17, 15) is 18.0 Å². The van der Waals surface area contributed by atoms with E-state index in [0.29, 0.717) is 17.1 Å². The Bertz CT molecular complexity index is 1370. The summed E-state index contributed by atoms with van der Waals surface area (Å²) in [4.78, 5) is 27.3. The minimum atomic E-state index is -4.07. The lowest BCUT2D eigenvalue weighted by atomic mass is 10.2. The smallest absolute Gasteiger partial charge is 0.284 e. The van der Waals surface area contributed by atoms with Gasteiger partial charge in [0.25, 0.3) is 10.0 Å². The van der Waals surface area contributed by atoms with Gasteiger partial charge in [-0.25, -0.2) is 0 Å². The zero-order valence-electron chi connectivity index (χ0n) is 19.0.